The molecule has 0 aliphatic heterocycles. The Morgan fingerprint density at radius 1 is 1.31 bits per heavy atom. The fourth-order valence-corrected chi connectivity index (χ4v) is 2.08. The third-order valence-corrected chi connectivity index (χ3v) is 2.95. The first kappa shape index (κ1) is 8.75. The molecule has 70 valence electrons. The average molecular weight is 197 g/mol. The van der Waals surface area contributed by atoms with Gasteiger partial charge < -0.3 is 4.98 Å². The van der Waals surface area contributed by atoms with E-state index in [2.05, 4.69) is 25.8 Å². The molecule has 0 bridgehead atoms. The minimum absolute atomic E-state index is 0.106. The standard InChI is InChI=1S/C10H12FNS/c1-10(2,3)8-5-7-6(12-8)4-9(11)13-7/h4-5,12H,1-3H3. The fourth-order valence-electron chi connectivity index (χ4n) is 1.30. The number of aromatic amines is 1. The molecule has 2 aromatic heterocycles. The minimum Gasteiger partial charge on any atom is -0.357 e. The Labute approximate surface area is 80.6 Å². The summed E-state index contributed by atoms with van der Waals surface area (Å²) in [4.78, 5) is 3.23. The zero-order valence-corrected chi connectivity index (χ0v) is 8.76. The summed E-state index contributed by atoms with van der Waals surface area (Å²) in [5.74, 6) is 0. The lowest BCUT2D eigenvalue weighted by Gasteiger charge is -2.15. The first-order chi connectivity index (χ1) is 5.97. The van der Waals surface area contributed by atoms with Crippen molar-refractivity contribution in [2.24, 2.45) is 0 Å². The third kappa shape index (κ3) is 1.48. The SMILES string of the molecule is CC(C)(C)c1cc2sc(F)cc2[nH]1. The molecule has 2 heterocycles. The van der Waals surface area contributed by atoms with Crippen molar-refractivity contribution in [1.82, 2.24) is 4.98 Å². The number of hydrogen-bond acceptors (Lipinski definition) is 1. The third-order valence-electron chi connectivity index (χ3n) is 2.08. The lowest BCUT2D eigenvalue weighted by molar-refractivity contribution is 0.574. The van der Waals surface area contributed by atoms with Crippen molar-refractivity contribution >= 4 is 21.6 Å². The van der Waals surface area contributed by atoms with Crippen LogP contribution in [-0.2, 0) is 5.41 Å². The molecule has 0 aromatic carbocycles. The number of halogens is 1. The molecule has 0 atom stereocenters. The lowest BCUT2D eigenvalue weighted by Crippen LogP contribution is -2.10. The van der Waals surface area contributed by atoms with Gasteiger partial charge in [0.1, 0.15) is 0 Å². The summed E-state index contributed by atoms with van der Waals surface area (Å²) in [5, 5.41) is -0.123. The van der Waals surface area contributed by atoms with E-state index < -0.39 is 0 Å². The molecule has 3 heteroatoms. The van der Waals surface area contributed by atoms with E-state index in [-0.39, 0.29) is 10.5 Å². The molecule has 2 aromatic rings. The van der Waals surface area contributed by atoms with Crippen LogP contribution < -0.4 is 0 Å². The van der Waals surface area contributed by atoms with E-state index in [1.165, 1.54) is 11.3 Å². The molecule has 0 radical (unpaired) electrons. The Hall–Kier alpha value is -0.830. The van der Waals surface area contributed by atoms with Crippen LogP contribution in [0.1, 0.15) is 26.5 Å². The maximum absolute atomic E-state index is 12.8. The van der Waals surface area contributed by atoms with E-state index in [4.69, 9.17) is 0 Å². The molecule has 0 spiro atoms. The van der Waals surface area contributed by atoms with Crippen LogP contribution in [0.5, 0.6) is 0 Å². The Bertz CT molecular complexity index is 402. The van der Waals surface area contributed by atoms with Crippen LogP contribution in [0.3, 0.4) is 0 Å². The van der Waals surface area contributed by atoms with Gasteiger partial charge in [0, 0.05) is 17.2 Å². The average Bonchev–Trinajstić information content (AvgIpc) is 2.40. The highest BCUT2D eigenvalue weighted by Gasteiger charge is 2.17. The van der Waals surface area contributed by atoms with Crippen LogP contribution in [-0.4, -0.2) is 4.98 Å². The summed E-state index contributed by atoms with van der Waals surface area (Å²) in [7, 11) is 0. The van der Waals surface area contributed by atoms with Crippen LogP contribution in [0.15, 0.2) is 12.1 Å². The van der Waals surface area contributed by atoms with Gasteiger partial charge in [-0.2, -0.15) is 4.39 Å². The van der Waals surface area contributed by atoms with E-state index in [1.54, 1.807) is 6.07 Å². The van der Waals surface area contributed by atoms with E-state index >= 15 is 0 Å². The maximum atomic E-state index is 12.8. The number of fused-ring (bicyclic) bond motifs is 1. The summed E-state index contributed by atoms with van der Waals surface area (Å²) in [6, 6.07) is 3.58. The zero-order chi connectivity index (χ0) is 9.64. The van der Waals surface area contributed by atoms with Crippen LogP contribution >= 0.6 is 11.3 Å². The molecule has 0 aliphatic carbocycles. The van der Waals surface area contributed by atoms with Crippen molar-refractivity contribution in [2.75, 3.05) is 0 Å². The van der Waals surface area contributed by atoms with Gasteiger partial charge in [0.25, 0.3) is 0 Å². The quantitative estimate of drug-likeness (QED) is 0.663. The zero-order valence-electron chi connectivity index (χ0n) is 7.94. The topological polar surface area (TPSA) is 15.8 Å². The van der Waals surface area contributed by atoms with Crippen LogP contribution in [0.25, 0.3) is 10.2 Å². The first-order valence-electron chi connectivity index (χ1n) is 4.25. The highest BCUT2D eigenvalue weighted by molar-refractivity contribution is 7.17. The molecule has 0 saturated heterocycles. The fraction of sp³-hybridized carbons (Fsp3) is 0.400. The molecule has 0 aliphatic rings. The Kier molecular flexibility index (Phi) is 1.74. The molecule has 0 saturated carbocycles. The second-order valence-corrected chi connectivity index (χ2v) is 5.30. The summed E-state index contributed by atoms with van der Waals surface area (Å²) >= 11 is 1.19. The highest BCUT2D eigenvalue weighted by Crippen LogP contribution is 2.30. The van der Waals surface area contributed by atoms with Gasteiger partial charge >= 0.3 is 0 Å². The molecular formula is C10H12FNS. The summed E-state index contributed by atoms with van der Waals surface area (Å²) < 4.78 is 13.8. The second-order valence-electron chi connectivity index (χ2n) is 4.26. The Morgan fingerprint density at radius 3 is 2.54 bits per heavy atom. The van der Waals surface area contributed by atoms with Crippen molar-refractivity contribution in [1.29, 1.82) is 0 Å². The van der Waals surface area contributed by atoms with Crippen molar-refractivity contribution in [3.63, 3.8) is 0 Å². The normalized spacial score (nSPS) is 12.6. The predicted molar refractivity (Wildman–Crippen MR) is 54.8 cm³/mol. The van der Waals surface area contributed by atoms with Gasteiger partial charge in [-0.05, 0) is 6.07 Å². The highest BCUT2D eigenvalue weighted by atomic mass is 32.1. The molecule has 0 unspecified atom stereocenters. The molecular weight excluding hydrogens is 185 g/mol. The summed E-state index contributed by atoms with van der Waals surface area (Å²) in [6.07, 6.45) is 0. The Balaban J connectivity index is 2.57. The number of H-pyrrole nitrogens is 1. The van der Waals surface area contributed by atoms with Gasteiger partial charge in [-0.1, -0.05) is 20.8 Å². The number of nitrogens with one attached hydrogen (secondary N) is 1. The smallest absolute Gasteiger partial charge is 0.179 e. The van der Waals surface area contributed by atoms with Gasteiger partial charge in [0.05, 0.1) is 10.2 Å². The molecule has 1 N–H and O–H groups in total. The second kappa shape index (κ2) is 2.58. The number of aromatic nitrogens is 1. The number of hydrogen-bond donors (Lipinski definition) is 1. The van der Waals surface area contributed by atoms with Gasteiger partial charge in [-0.25, -0.2) is 0 Å². The number of thiophene rings is 1. The molecule has 2 rings (SSSR count). The van der Waals surface area contributed by atoms with Crippen molar-refractivity contribution in [2.45, 2.75) is 26.2 Å². The van der Waals surface area contributed by atoms with E-state index in [9.17, 15) is 4.39 Å². The van der Waals surface area contributed by atoms with Crippen LogP contribution in [0.2, 0.25) is 0 Å². The lowest BCUT2D eigenvalue weighted by atomic mass is 9.93. The van der Waals surface area contributed by atoms with E-state index in [0.29, 0.717) is 0 Å². The monoisotopic (exact) mass is 197 g/mol. The Morgan fingerprint density at radius 2 is 2.00 bits per heavy atom. The molecule has 13 heavy (non-hydrogen) atoms. The van der Waals surface area contributed by atoms with E-state index in [0.717, 1.165) is 15.9 Å². The van der Waals surface area contributed by atoms with Crippen molar-refractivity contribution < 1.29 is 4.39 Å². The predicted octanol–water partition coefficient (Wildman–Crippen LogP) is 3.67. The summed E-state index contributed by atoms with van der Waals surface area (Å²) in [6.45, 7) is 6.41. The summed E-state index contributed by atoms with van der Waals surface area (Å²) in [5.41, 5.74) is 2.18. The largest absolute Gasteiger partial charge is 0.357 e. The maximum Gasteiger partial charge on any atom is 0.179 e. The van der Waals surface area contributed by atoms with Crippen molar-refractivity contribution in [3.05, 3.63) is 23.0 Å². The van der Waals surface area contributed by atoms with Gasteiger partial charge in [0.2, 0.25) is 0 Å². The molecule has 1 nitrogen and oxygen atoms in total. The van der Waals surface area contributed by atoms with Crippen LogP contribution in [0.4, 0.5) is 4.39 Å². The van der Waals surface area contributed by atoms with Crippen molar-refractivity contribution in [3.8, 4) is 0 Å². The van der Waals surface area contributed by atoms with Crippen LogP contribution in [0, 0.1) is 5.13 Å². The molecule has 0 fully saturated rings. The van der Waals surface area contributed by atoms with Gasteiger partial charge in [-0.15, -0.1) is 11.3 Å². The van der Waals surface area contributed by atoms with Gasteiger partial charge in [0.15, 0.2) is 5.13 Å². The van der Waals surface area contributed by atoms with Gasteiger partial charge in [-0.3, -0.25) is 0 Å². The number of rotatable bonds is 0. The minimum atomic E-state index is -0.123. The van der Waals surface area contributed by atoms with E-state index in [1.807, 2.05) is 6.07 Å². The molecule has 0 amide bonds. The first-order valence-corrected chi connectivity index (χ1v) is 5.07.